The third kappa shape index (κ3) is 3.56. The van der Waals surface area contributed by atoms with Crippen LogP contribution in [0.4, 0.5) is 5.69 Å². The van der Waals surface area contributed by atoms with Gasteiger partial charge in [-0.05, 0) is 18.6 Å². The van der Waals surface area contributed by atoms with E-state index in [-0.39, 0.29) is 23.6 Å². The zero-order valence-corrected chi connectivity index (χ0v) is 11.3. The van der Waals surface area contributed by atoms with Crippen molar-refractivity contribution in [3.8, 4) is 5.75 Å². The molecule has 6 nitrogen and oxygen atoms in total. The highest BCUT2D eigenvalue weighted by atomic mass is 16.6. The molecule has 21 heavy (non-hydrogen) atoms. The first kappa shape index (κ1) is 14.5. The van der Waals surface area contributed by atoms with Crippen molar-refractivity contribution >= 4 is 11.7 Å². The van der Waals surface area contributed by atoms with Crippen LogP contribution in [0.5, 0.6) is 5.75 Å². The van der Waals surface area contributed by atoms with Crippen LogP contribution in [0.25, 0.3) is 0 Å². The first-order valence-electron chi connectivity index (χ1n) is 6.17. The van der Waals surface area contributed by atoms with Crippen molar-refractivity contribution in [3.63, 3.8) is 0 Å². The zero-order chi connectivity index (χ0) is 15.4. The molecule has 0 aliphatic carbocycles. The van der Waals surface area contributed by atoms with Gasteiger partial charge in [-0.2, -0.15) is 0 Å². The highest BCUT2D eigenvalue weighted by molar-refractivity contribution is 5.91. The number of aryl methyl sites for hydroxylation is 1. The molecule has 0 aromatic heterocycles. The van der Waals surface area contributed by atoms with E-state index in [2.05, 4.69) is 0 Å². The van der Waals surface area contributed by atoms with Gasteiger partial charge in [0.1, 0.15) is 17.9 Å². The van der Waals surface area contributed by atoms with Crippen LogP contribution >= 0.6 is 0 Å². The van der Waals surface area contributed by atoms with Crippen LogP contribution in [0.3, 0.4) is 0 Å². The molecule has 0 aliphatic heterocycles. The second kappa shape index (κ2) is 6.04. The van der Waals surface area contributed by atoms with Crippen LogP contribution in [0.1, 0.15) is 21.5 Å². The summed E-state index contributed by atoms with van der Waals surface area (Å²) < 4.78 is 5.47. The van der Waals surface area contributed by atoms with Crippen LogP contribution in [0, 0.1) is 17.0 Å². The Kier molecular flexibility index (Phi) is 4.18. The number of benzene rings is 2. The van der Waals surface area contributed by atoms with E-state index in [0.29, 0.717) is 0 Å². The van der Waals surface area contributed by atoms with Crippen molar-refractivity contribution in [3.05, 3.63) is 69.3 Å². The van der Waals surface area contributed by atoms with Gasteiger partial charge in [0.2, 0.25) is 0 Å². The molecule has 0 spiro atoms. The van der Waals surface area contributed by atoms with Gasteiger partial charge in [0.05, 0.1) is 4.92 Å². The molecule has 0 radical (unpaired) electrons. The fourth-order valence-electron chi connectivity index (χ4n) is 1.89. The number of carboxylic acids is 1. The van der Waals surface area contributed by atoms with Crippen molar-refractivity contribution in [1.82, 2.24) is 0 Å². The number of nitrogens with zero attached hydrogens (tertiary/aromatic N) is 1. The van der Waals surface area contributed by atoms with Crippen molar-refractivity contribution in [2.75, 3.05) is 0 Å². The summed E-state index contributed by atoms with van der Waals surface area (Å²) in [5.41, 5.74) is 1.45. The van der Waals surface area contributed by atoms with Crippen LogP contribution in [-0.4, -0.2) is 16.0 Å². The predicted molar refractivity (Wildman–Crippen MR) is 75.6 cm³/mol. The van der Waals surface area contributed by atoms with Gasteiger partial charge in [-0.15, -0.1) is 0 Å². The van der Waals surface area contributed by atoms with Crippen LogP contribution in [0.2, 0.25) is 0 Å². The molecule has 0 unspecified atom stereocenters. The summed E-state index contributed by atoms with van der Waals surface area (Å²) in [6.45, 7) is 2.14. The summed E-state index contributed by atoms with van der Waals surface area (Å²) in [6, 6.07) is 11.1. The third-order valence-corrected chi connectivity index (χ3v) is 2.88. The lowest BCUT2D eigenvalue weighted by Gasteiger charge is -2.09. The van der Waals surface area contributed by atoms with E-state index in [1.165, 1.54) is 12.1 Å². The van der Waals surface area contributed by atoms with Gasteiger partial charge in [0.25, 0.3) is 5.69 Å². The van der Waals surface area contributed by atoms with Gasteiger partial charge in [-0.3, -0.25) is 10.1 Å². The Hall–Kier alpha value is -2.89. The van der Waals surface area contributed by atoms with Gasteiger partial charge >= 0.3 is 5.97 Å². The van der Waals surface area contributed by atoms with Crippen molar-refractivity contribution in [1.29, 1.82) is 0 Å². The minimum atomic E-state index is -1.27. The Balaban J connectivity index is 2.23. The number of nitro groups is 1. The molecular weight excluding hydrogens is 274 g/mol. The average Bonchev–Trinajstić information content (AvgIpc) is 2.44. The average molecular weight is 287 g/mol. The Labute approximate surface area is 120 Å². The van der Waals surface area contributed by atoms with Crippen LogP contribution in [0.15, 0.2) is 42.5 Å². The second-order valence-electron chi connectivity index (χ2n) is 4.52. The highest BCUT2D eigenvalue weighted by Crippen LogP contribution is 2.25. The molecule has 108 valence electrons. The van der Waals surface area contributed by atoms with E-state index in [1.54, 1.807) is 0 Å². The summed E-state index contributed by atoms with van der Waals surface area (Å²) in [7, 11) is 0. The lowest BCUT2D eigenvalue weighted by atomic mass is 10.1. The second-order valence-corrected chi connectivity index (χ2v) is 4.52. The maximum atomic E-state index is 11.2. The Morgan fingerprint density at radius 3 is 2.67 bits per heavy atom. The molecule has 6 heteroatoms. The number of non-ortho nitro benzene ring substituents is 1. The standard InChI is InChI=1S/C15H13NO5/c1-10-3-2-4-11(7-10)9-21-14-6-5-12(16(19)20)8-13(14)15(17)18/h2-8H,9H2,1H3,(H,17,18). The zero-order valence-electron chi connectivity index (χ0n) is 11.3. The smallest absolute Gasteiger partial charge is 0.339 e. The largest absolute Gasteiger partial charge is 0.488 e. The number of nitro benzene ring substituents is 1. The fourth-order valence-corrected chi connectivity index (χ4v) is 1.89. The minimum absolute atomic E-state index is 0.106. The summed E-state index contributed by atoms with van der Waals surface area (Å²) in [5, 5.41) is 19.8. The van der Waals surface area contributed by atoms with Gasteiger partial charge < -0.3 is 9.84 Å². The van der Waals surface area contributed by atoms with Crippen molar-refractivity contribution in [2.24, 2.45) is 0 Å². The molecule has 1 N–H and O–H groups in total. The summed E-state index contributed by atoms with van der Waals surface area (Å²) in [4.78, 5) is 21.2. The number of hydrogen-bond donors (Lipinski definition) is 1. The summed E-state index contributed by atoms with van der Waals surface area (Å²) >= 11 is 0. The summed E-state index contributed by atoms with van der Waals surface area (Å²) in [5.74, 6) is -1.16. The number of carboxylic acid groups (broad SMARTS) is 1. The molecule has 0 fully saturated rings. The number of rotatable bonds is 5. The molecule has 2 rings (SSSR count). The molecule has 0 amide bonds. The van der Waals surface area contributed by atoms with Gasteiger partial charge in [-0.25, -0.2) is 4.79 Å². The topological polar surface area (TPSA) is 89.7 Å². The van der Waals surface area contributed by atoms with E-state index in [1.807, 2.05) is 31.2 Å². The minimum Gasteiger partial charge on any atom is -0.488 e. The van der Waals surface area contributed by atoms with Crippen LogP contribution in [-0.2, 0) is 6.61 Å². The Morgan fingerprint density at radius 2 is 2.05 bits per heavy atom. The normalized spacial score (nSPS) is 10.1. The quantitative estimate of drug-likeness (QED) is 0.673. The molecule has 0 saturated carbocycles. The van der Waals surface area contributed by atoms with E-state index in [4.69, 9.17) is 9.84 Å². The monoisotopic (exact) mass is 287 g/mol. The van der Waals surface area contributed by atoms with Gasteiger partial charge in [-0.1, -0.05) is 29.8 Å². The van der Waals surface area contributed by atoms with Crippen molar-refractivity contribution < 1.29 is 19.6 Å². The lowest BCUT2D eigenvalue weighted by Crippen LogP contribution is -2.04. The fraction of sp³-hybridized carbons (Fsp3) is 0.133. The number of ether oxygens (including phenoxy) is 1. The maximum absolute atomic E-state index is 11.2. The summed E-state index contributed by atoms with van der Waals surface area (Å²) in [6.07, 6.45) is 0. The lowest BCUT2D eigenvalue weighted by molar-refractivity contribution is -0.384. The molecule has 0 atom stereocenters. The number of aromatic carboxylic acids is 1. The molecule has 0 aliphatic rings. The third-order valence-electron chi connectivity index (χ3n) is 2.88. The molecule has 0 heterocycles. The number of hydrogen-bond acceptors (Lipinski definition) is 4. The van der Waals surface area contributed by atoms with E-state index in [0.717, 1.165) is 17.2 Å². The van der Waals surface area contributed by atoms with E-state index >= 15 is 0 Å². The van der Waals surface area contributed by atoms with Gasteiger partial charge in [0, 0.05) is 12.1 Å². The number of carbonyl (C=O) groups is 1. The van der Waals surface area contributed by atoms with E-state index < -0.39 is 10.9 Å². The SMILES string of the molecule is Cc1cccc(COc2ccc([N+](=O)[O-])cc2C(=O)O)c1. The Bertz CT molecular complexity index is 696. The molecule has 0 bridgehead atoms. The van der Waals surface area contributed by atoms with Crippen molar-refractivity contribution in [2.45, 2.75) is 13.5 Å². The maximum Gasteiger partial charge on any atom is 0.339 e. The van der Waals surface area contributed by atoms with E-state index in [9.17, 15) is 14.9 Å². The molecule has 2 aromatic carbocycles. The molecular formula is C15H13NO5. The van der Waals surface area contributed by atoms with Gasteiger partial charge in [0.15, 0.2) is 0 Å². The molecule has 2 aromatic rings. The Morgan fingerprint density at radius 1 is 1.29 bits per heavy atom. The first-order valence-corrected chi connectivity index (χ1v) is 6.17. The molecule has 0 saturated heterocycles. The first-order chi connectivity index (χ1) is 9.97. The highest BCUT2D eigenvalue weighted by Gasteiger charge is 2.17. The van der Waals surface area contributed by atoms with Crippen LogP contribution < -0.4 is 4.74 Å². The predicted octanol–water partition coefficient (Wildman–Crippen LogP) is 3.18.